The number of aromatic nitrogens is 2. The van der Waals surface area contributed by atoms with Crippen LogP contribution in [-0.2, 0) is 6.42 Å². The summed E-state index contributed by atoms with van der Waals surface area (Å²) in [7, 11) is 0. The van der Waals surface area contributed by atoms with E-state index in [4.69, 9.17) is 5.84 Å². The van der Waals surface area contributed by atoms with Gasteiger partial charge in [-0.25, -0.2) is 15.8 Å². The molecular weight excluding hydrogens is 266 g/mol. The molecule has 112 valence electrons. The van der Waals surface area contributed by atoms with Crippen LogP contribution in [0.3, 0.4) is 0 Å². The number of nitrogens with two attached hydrogens (primary N) is 1. The Morgan fingerprint density at radius 2 is 1.86 bits per heavy atom. The van der Waals surface area contributed by atoms with Crippen molar-refractivity contribution < 1.29 is 5.11 Å². The number of benzene rings is 1. The molecule has 1 aromatic heterocycles. The summed E-state index contributed by atoms with van der Waals surface area (Å²) in [5, 5.41) is 12.9. The summed E-state index contributed by atoms with van der Waals surface area (Å²) in [6.45, 7) is 3.84. The first-order valence-electron chi connectivity index (χ1n) is 6.96. The summed E-state index contributed by atoms with van der Waals surface area (Å²) in [5.41, 5.74) is 4.41. The summed E-state index contributed by atoms with van der Waals surface area (Å²) in [4.78, 5) is 8.81. The third-order valence-electron chi connectivity index (χ3n) is 3.34. The molecule has 2 rings (SSSR count). The summed E-state index contributed by atoms with van der Waals surface area (Å²) in [6, 6.07) is 9.53. The molecule has 0 saturated carbocycles. The Morgan fingerprint density at radius 3 is 2.43 bits per heavy atom. The Hall–Kier alpha value is -2.18. The Bertz CT molecular complexity index is 588. The van der Waals surface area contributed by atoms with Crippen LogP contribution in [0.1, 0.15) is 29.9 Å². The van der Waals surface area contributed by atoms with E-state index in [9.17, 15) is 5.11 Å². The molecule has 0 bridgehead atoms. The van der Waals surface area contributed by atoms with Gasteiger partial charge in [0.05, 0.1) is 12.6 Å². The highest BCUT2D eigenvalue weighted by atomic mass is 16.3. The summed E-state index contributed by atoms with van der Waals surface area (Å²) in [5.74, 6) is 7.47. The largest absolute Gasteiger partial charge is 0.394 e. The second-order valence-corrected chi connectivity index (χ2v) is 4.75. The van der Waals surface area contributed by atoms with Crippen molar-refractivity contribution in [1.82, 2.24) is 9.97 Å². The number of aliphatic hydroxyl groups excluding tert-OH is 1. The molecular formula is C15H21N5O. The lowest BCUT2D eigenvalue weighted by molar-refractivity contribution is 0.276. The van der Waals surface area contributed by atoms with Crippen LogP contribution >= 0.6 is 0 Å². The first kappa shape index (κ1) is 15.2. The molecule has 6 nitrogen and oxygen atoms in total. The van der Waals surface area contributed by atoms with Gasteiger partial charge in [0.15, 0.2) is 0 Å². The molecule has 21 heavy (non-hydrogen) atoms. The van der Waals surface area contributed by atoms with Gasteiger partial charge in [-0.1, -0.05) is 37.3 Å². The molecule has 1 atom stereocenters. The highest BCUT2D eigenvalue weighted by Crippen LogP contribution is 2.24. The summed E-state index contributed by atoms with van der Waals surface area (Å²) < 4.78 is 0. The Kier molecular flexibility index (Phi) is 5.08. The van der Waals surface area contributed by atoms with Gasteiger partial charge in [0.25, 0.3) is 0 Å². The lowest BCUT2D eigenvalue weighted by atomic mass is 10.1. The Labute approximate surface area is 124 Å². The standard InChI is InChI=1S/C15H21N5O/c1-3-13-18-14(10(2)15(19-13)20-16)17-12(9-21)11-7-5-4-6-8-11/h4-8,12,21H,3,9,16H2,1-2H3,(H2,17,18,19,20). The van der Waals surface area contributed by atoms with Gasteiger partial charge in [-0.3, -0.25) is 0 Å². The lowest BCUT2D eigenvalue weighted by Crippen LogP contribution is -2.19. The van der Waals surface area contributed by atoms with Crippen LogP contribution in [0.4, 0.5) is 11.6 Å². The minimum Gasteiger partial charge on any atom is -0.394 e. The van der Waals surface area contributed by atoms with Gasteiger partial charge in [-0.05, 0) is 12.5 Å². The topological polar surface area (TPSA) is 96.1 Å². The van der Waals surface area contributed by atoms with Crippen LogP contribution in [0, 0.1) is 6.92 Å². The van der Waals surface area contributed by atoms with E-state index in [0.717, 1.165) is 11.1 Å². The molecule has 0 spiro atoms. The molecule has 0 saturated heterocycles. The SMILES string of the molecule is CCc1nc(NN)c(C)c(NC(CO)c2ccccc2)n1. The quantitative estimate of drug-likeness (QED) is 0.478. The zero-order chi connectivity index (χ0) is 15.2. The number of hydrazine groups is 1. The zero-order valence-electron chi connectivity index (χ0n) is 12.3. The molecule has 2 aromatic rings. The predicted molar refractivity (Wildman–Crippen MR) is 83.8 cm³/mol. The fraction of sp³-hybridized carbons (Fsp3) is 0.333. The van der Waals surface area contributed by atoms with Gasteiger partial charge in [-0.2, -0.15) is 0 Å². The number of hydrogen-bond acceptors (Lipinski definition) is 6. The van der Waals surface area contributed by atoms with Gasteiger partial charge in [0.1, 0.15) is 17.5 Å². The highest BCUT2D eigenvalue weighted by molar-refractivity contribution is 5.57. The number of anilines is 2. The number of aryl methyl sites for hydroxylation is 1. The lowest BCUT2D eigenvalue weighted by Gasteiger charge is -2.20. The molecule has 0 radical (unpaired) electrons. The van der Waals surface area contributed by atoms with E-state index in [0.29, 0.717) is 23.9 Å². The van der Waals surface area contributed by atoms with Crippen LogP contribution in [0.25, 0.3) is 0 Å². The number of rotatable bonds is 6. The Balaban J connectivity index is 2.33. The zero-order valence-corrected chi connectivity index (χ0v) is 12.3. The Morgan fingerprint density at radius 1 is 1.19 bits per heavy atom. The molecule has 0 fully saturated rings. The molecule has 1 unspecified atom stereocenters. The van der Waals surface area contributed by atoms with E-state index >= 15 is 0 Å². The van der Waals surface area contributed by atoms with E-state index in [-0.39, 0.29) is 12.6 Å². The van der Waals surface area contributed by atoms with Gasteiger partial charge < -0.3 is 15.8 Å². The van der Waals surface area contributed by atoms with Gasteiger partial charge in [0.2, 0.25) is 0 Å². The monoisotopic (exact) mass is 287 g/mol. The van der Waals surface area contributed by atoms with Gasteiger partial charge >= 0.3 is 0 Å². The molecule has 0 aliphatic rings. The number of nitrogen functional groups attached to an aromatic ring is 1. The van der Waals surface area contributed by atoms with E-state index in [1.165, 1.54) is 0 Å². The third kappa shape index (κ3) is 3.48. The maximum atomic E-state index is 9.64. The van der Waals surface area contributed by atoms with Crippen molar-refractivity contribution in [3.8, 4) is 0 Å². The van der Waals surface area contributed by atoms with Gasteiger partial charge in [-0.15, -0.1) is 0 Å². The smallest absolute Gasteiger partial charge is 0.148 e. The van der Waals surface area contributed by atoms with Crippen molar-refractivity contribution in [2.75, 3.05) is 17.3 Å². The number of nitrogens with one attached hydrogen (secondary N) is 2. The first-order chi connectivity index (χ1) is 10.2. The molecule has 6 heteroatoms. The van der Waals surface area contributed by atoms with Crippen molar-refractivity contribution in [2.24, 2.45) is 5.84 Å². The highest BCUT2D eigenvalue weighted by Gasteiger charge is 2.15. The maximum Gasteiger partial charge on any atom is 0.148 e. The predicted octanol–water partition coefficient (Wildman–Crippen LogP) is 1.78. The second-order valence-electron chi connectivity index (χ2n) is 4.75. The van der Waals surface area contributed by atoms with E-state index in [2.05, 4.69) is 20.7 Å². The summed E-state index contributed by atoms with van der Waals surface area (Å²) in [6.07, 6.45) is 0.707. The first-order valence-corrected chi connectivity index (χ1v) is 6.96. The van der Waals surface area contributed by atoms with Crippen LogP contribution in [0.5, 0.6) is 0 Å². The minimum absolute atomic E-state index is 0.0275. The number of nitrogens with zero attached hydrogens (tertiary/aromatic N) is 2. The number of hydrogen-bond donors (Lipinski definition) is 4. The van der Waals surface area contributed by atoms with Crippen LogP contribution in [0.15, 0.2) is 30.3 Å². The van der Waals surface area contributed by atoms with E-state index in [1.807, 2.05) is 44.2 Å². The molecule has 0 aliphatic carbocycles. The number of aliphatic hydroxyl groups is 1. The molecule has 1 aromatic carbocycles. The second kappa shape index (κ2) is 7.01. The van der Waals surface area contributed by atoms with Crippen molar-refractivity contribution in [1.29, 1.82) is 0 Å². The fourth-order valence-corrected chi connectivity index (χ4v) is 2.09. The van der Waals surface area contributed by atoms with Crippen molar-refractivity contribution in [3.05, 3.63) is 47.3 Å². The summed E-state index contributed by atoms with van der Waals surface area (Å²) >= 11 is 0. The van der Waals surface area contributed by atoms with Gasteiger partial charge in [0, 0.05) is 12.0 Å². The van der Waals surface area contributed by atoms with Crippen LogP contribution in [-0.4, -0.2) is 21.7 Å². The maximum absolute atomic E-state index is 9.64. The normalized spacial score (nSPS) is 12.0. The molecule has 0 aliphatic heterocycles. The molecule has 5 N–H and O–H groups in total. The fourth-order valence-electron chi connectivity index (χ4n) is 2.09. The van der Waals surface area contributed by atoms with Crippen molar-refractivity contribution in [3.63, 3.8) is 0 Å². The van der Waals surface area contributed by atoms with Crippen LogP contribution in [0.2, 0.25) is 0 Å². The molecule has 1 heterocycles. The van der Waals surface area contributed by atoms with Crippen molar-refractivity contribution in [2.45, 2.75) is 26.3 Å². The average molecular weight is 287 g/mol. The molecule has 0 amide bonds. The third-order valence-corrected chi connectivity index (χ3v) is 3.34. The average Bonchev–Trinajstić information content (AvgIpc) is 2.54. The van der Waals surface area contributed by atoms with Crippen molar-refractivity contribution >= 4 is 11.6 Å². The van der Waals surface area contributed by atoms with E-state index < -0.39 is 0 Å². The van der Waals surface area contributed by atoms with E-state index in [1.54, 1.807) is 0 Å². The van der Waals surface area contributed by atoms with Crippen LogP contribution < -0.4 is 16.6 Å². The minimum atomic E-state index is -0.227.